The highest BCUT2D eigenvalue weighted by Crippen LogP contribution is 2.20. The molecule has 0 radical (unpaired) electrons. The van der Waals surface area contributed by atoms with Gasteiger partial charge in [-0.15, -0.1) is 0 Å². The van der Waals surface area contributed by atoms with Crippen molar-refractivity contribution in [1.29, 1.82) is 0 Å². The highest BCUT2D eigenvalue weighted by molar-refractivity contribution is 7.91. The monoisotopic (exact) mass is 292 g/mol. The molecule has 1 rings (SSSR count). The molecule has 0 amide bonds. The minimum Gasteiger partial charge on any atom is -0.383 e. The number of halogens is 2. The normalized spacial score (nSPS) is 13.5. The second-order valence-corrected chi connectivity index (χ2v) is 6.22. The van der Waals surface area contributed by atoms with Gasteiger partial charge in [-0.2, -0.15) is 8.78 Å². The third-order valence-electron chi connectivity index (χ3n) is 2.67. The van der Waals surface area contributed by atoms with Gasteiger partial charge in [0.2, 0.25) is 9.84 Å². The lowest BCUT2D eigenvalue weighted by Crippen LogP contribution is -2.17. The summed E-state index contributed by atoms with van der Waals surface area (Å²) in [5.74, 6) is -3.39. The summed E-state index contributed by atoms with van der Waals surface area (Å²) in [6.45, 7) is 2.58. The average molecular weight is 292 g/mol. The van der Waals surface area contributed by atoms with Crippen molar-refractivity contribution in [2.24, 2.45) is 5.73 Å². The number of sulfone groups is 1. The second-order valence-electron chi connectivity index (χ2n) is 4.31. The van der Waals surface area contributed by atoms with Crippen LogP contribution in [0.15, 0.2) is 29.2 Å². The van der Waals surface area contributed by atoms with Gasteiger partial charge in [0.25, 0.3) is 0 Å². The van der Waals surface area contributed by atoms with Crippen LogP contribution in [0.5, 0.6) is 0 Å². The maximum atomic E-state index is 12.3. The Kier molecular flexibility index (Phi) is 5.68. The second kappa shape index (κ2) is 6.81. The van der Waals surface area contributed by atoms with Crippen LogP contribution in [0.3, 0.4) is 0 Å². The van der Waals surface area contributed by atoms with E-state index in [0.717, 1.165) is 12.8 Å². The molecule has 0 heterocycles. The fourth-order valence-electron chi connectivity index (χ4n) is 1.62. The van der Waals surface area contributed by atoms with Gasteiger partial charge in [-0.1, -0.05) is 0 Å². The summed E-state index contributed by atoms with van der Waals surface area (Å²) in [5.41, 5.74) is 6.09. The summed E-state index contributed by atoms with van der Waals surface area (Å²) >= 11 is 0. The van der Waals surface area contributed by atoms with Gasteiger partial charge in [0.1, 0.15) is 0 Å². The number of nitrogens with one attached hydrogen (secondary N) is 1. The topological polar surface area (TPSA) is 72.2 Å². The Labute approximate surface area is 111 Å². The molecule has 1 unspecified atom stereocenters. The van der Waals surface area contributed by atoms with Gasteiger partial charge >= 0.3 is 5.76 Å². The van der Waals surface area contributed by atoms with Crippen molar-refractivity contribution in [2.45, 2.75) is 36.5 Å². The molecule has 0 spiro atoms. The fraction of sp³-hybridized carbons (Fsp3) is 0.500. The van der Waals surface area contributed by atoms with Crippen LogP contribution in [0.1, 0.15) is 19.8 Å². The highest BCUT2D eigenvalue weighted by atomic mass is 32.2. The van der Waals surface area contributed by atoms with Gasteiger partial charge in [-0.25, -0.2) is 8.42 Å². The predicted molar refractivity (Wildman–Crippen MR) is 71.0 cm³/mol. The Morgan fingerprint density at radius 2 is 1.84 bits per heavy atom. The van der Waals surface area contributed by atoms with E-state index in [-0.39, 0.29) is 10.9 Å². The Hall–Kier alpha value is -1.21. The third kappa shape index (κ3) is 4.43. The highest BCUT2D eigenvalue weighted by Gasteiger charge is 2.26. The molecule has 1 aromatic rings. The average Bonchev–Trinajstić information content (AvgIpc) is 2.36. The molecule has 0 aliphatic heterocycles. The Morgan fingerprint density at radius 3 is 2.32 bits per heavy atom. The first-order valence-electron chi connectivity index (χ1n) is 5.96. The maximum Gasteiger partial charge on any atom is 0.341 e. The molecule has 0 bridgehead atoms. The molecule has 1 atom stereocenters. The van der Waals surface area contributed by atoms with Crippen LogP contribution in [-0.4, -0.2) is 26.8 Å². The van der Waals surface area contributed by atoms with Gasteiger partial charge in [-0.05, 0) is 50.6 Å². The molecule has 1 aromatic carbocycles. The van der Waals surface area contributed by atoms with Crippen molar-refractivity contribution in [1.82, 2.24) is 0 Å². The van der Waals surface area contributed by atoms with Gasteiger partial charge < -0.3 is 11.1 Å². The van der Waals surface area contributed by atoms with E-state index in [2.05, 4.69) is 5.32 Å². The van der Waals surface area contributed by atoms with Gasteiger partial charge in [0.15, 0.2) is 0 Å². The first-order valence-corrected chi connectivity index (χ1v) is 7.51. The molecular weight excluding hydrogens is 274 g/mol. The van der Waals surface area contributed by atoms with E-state index in [0.29, 0.717) is 12.2 Å². The number of rotatable bonds is 7. The SMILES string of the molecule is CC(CCCN)Nc1ccc(S(=O)(=O)C(F)F)cc1. The van der Waals surface area contributed by atoms with Crippen molar-refractivity contribution < 1.29 is 17.2 Å². The Balaban J connectivity index is 2.72. The fourth-order valence-corrected chi connectivity index (χ4v) is 2.35. The largest absolute Gasteiger partial charge is 0.383 e. The van der Waals surface area contributed by atoms with Crippen molar-refractivity contribution in [3.63, 3.8) is 0 Å². The van der Waals surface area contributed by atoms with E-state index in [9.17, 15) is 17.2 Å². The summed E-state index contributed by atoms with van der Waals surface area (Å²) in [6.07, 6.45) is 1.76. The molecule has 0 aromatic heterocycles. The Morgan fingerprint density at radius 1 is 1.26 bits per heavy atom. The molecular formula is C12H18F2N2O2S. The first-order chi connectivity index (χ1) is 8.87. The van der Waals surface area contributed by atoms with Crippen molar-refractivity contribution >= 4 is 15.5 Å². The molecule has 0 fully saturated rings. The quantitative estimate of drug-likeness (QED) is 0.808. The van der Waals surface area contributed by atoms with Crippen molar-refractivity contribution in [3.05, 3.63) is 24.3 Å². The van der Waals surface area contributed by atoms with Crippen LogP contribution < -0.4 is 11.1 Å². The maximum absolute atomic E-state index is 12.3. The van der Waals surface area contributed by atoms with Gasteiger partial charge in [0, 0.05) is 11.7 Å². The standard InChI is InChI=1S/C12H18F2N2O2S/c1-9(3-2-8-15)16-10-4-6-11(7-5-10)19(17,18)12(13)14/h4-7,9,12,16H,2-3,8,15H2,1H3. The predicted octanol–water partition coefficient (Wildman–Crippen LogP) is 2.22. The third-order valence-corrected chi connectivity index (χ3v) is 4.07. The lowest BCUT2D eigenvalue weighted by atomic mass is 10.1. The molecule has 19 heavy (non-hydrogen) atoms. The van der Waals surface area contributed by atoms with Crippen LogP contribution in [0.4, 0.5) is 14.5 Å². The number of hydrogen-bond donors (Lipinski definition) is 2. The van der Waals surface area contributed by atoms with E-state index in [1.165, 1.54) is 24.3 Å². The summed E-state index contributed by atoms with van der Waals surface area (Å²) in [6, 6.07) is 5.50. The summed E-state index contributed by atoms with van der Waals surface area (Å²) in [7, 11) is -4.51. The van der Waals surface area contributed by atoms with Crippen LogP contribution >= 0.6 is 0 Å². The number of hydrogen-bond acceptors (Lipinski definition) is 4. The van der Waals surface area contributed by atoms with Crippen LogP contribution in [0.25, 0.3) is 0 Å². The molecule has 108 valence electrons. The van der Waals surface area contributed by atoms with Gasteiger partial charge in [-0.3, -0.25) is 0 Å². The summed E-state index contributed by atoms with van der Waals surface area (Å²) in [4.78, 5) is -0.373. The van der Waals surface area contributed by atoms with Gasteiger partial charge in [0.05, 0.1) is 4.90 Å². The molecule has 3 N–H and O–H groups in total. The molecule has 0 saturated heterocycles. The number of nitrogens with two attached hydrogens (primary N) is 1. The first kappa shape index (κ1) is 15.8. The number of benzene rings is 1. The minimum absolute atomic E-state index is 0.182. The van der Waals surface area contributed by atoms with E-state index in [4.69, 9.17) is 5.73 Å². The van der Waals surface area contributed by atoms with E-state index < -0.39 is 15.6 Å². The lowest BCUT2D eigenvalue weighted by molar-refractivity contribution is 0.234. The van der Waals surface area contributed by atoms with Crippen LogP contribution in [0, 0.1) is 0 Å². The zero-order valence-electron chi connectivity index (χ0n) is 10.6. The molecule has 0 aliphatic carbocycles. The van der Waals surface area contributed by atoms with Crippen LogP contribution in [-0.2, 0) is 9.84 Å². The zero-order valence-corrected chi connectivity index (χ0v) is 11.5. The molecule has 7 heteroatoms. The number of anilines is 1. The number of alkyl halides is 2. The van der Waals surface area contributed by atoms with E-state index >= 15 is 0 Å². The summed E-state index contributed by atoms with van der Waals surface area (Å²) < 4.78 is 47.1. The van der Waals surface area contributed by atoms with E-state index in [1.54, 1.807) is 0 Å². The van der Waals surface area contributed by atoms with Crippen molar-refractivity contribution in [3.8, 4) is 0 Å². The van der Waals surface area contributed by atoms with E-state index in [1.807, 2.05) is 6.92 Å². The lowest BCUT2D eigenvalue weighted by Gasteiger charge is -2.15. The zero-order chi connectivity index (χ0) is 14.5. The van der Waals surface area contributed by atoms with Crippen LogP contribution in [0.2, 0.25) is 0 Å². The Bertz CT molecular complexity index is 489. The molecule has 0 saturated carbocycles. The molecule has 4 nitrogen and oxygen atoms in total. The smallest absolute Gasteiger partial charge is 0.341 e. The molecule has 0 aliphatic rings. The van der Waals surface area contributed by atoms with Crippen molar-refractivity contribution in [2.75, 3.05) is 11.9 Å². The minimum atomic E-state index is -4.51. The summed E-state index contributed by atoms with van der Waals surface area (Å²) in [5, 5.41) is 3.15.